The quantitative estimate of drug-likeness (QED) is 0.0261. The number of hydrogen-bond acceptors (Lipinski definition) is 8. The third-order valence-electron chi connectivity index (χ3n) is 13.3. The first-order valence-corrected chi connectivity index (χ1v) is 29.6. The van der Waals surface area contributed by atoms with E-state index in [9.17, 15) is 30.3 Å². The van der Waals surface area contributed by atoms with Crippen LogP contribution in [0.5, 0.6) is 0 Å². The van der Waals surface area contributed by atoms with Crippen molar-refractivity contribution in [2.75, 3.05) is 13.2 Å². The number of hydrogen-bond donors (Lipinski definition) is 6. The minimum atomic E-state index is -1.58. The summed E-state index contributed by atoms with van der Waals surface area (Å²) in [6, 6.07) is -0.830. The second-order valence-corrected chi connectivity index (χ2v) is 20.0. The van der Waals surface area contributed by atoms with Crippen LogP contribution in [0.4, 0.5) is 0 Å². The fourth-order valence-corrected chi connectivity index (χ4v) is 8.67. The van der Waals surface area contributed by atoms with Gasteiger partial charge in [-0.15, -0.1) is 0 Å². The second-order valence-electron chi connectivity index (χ2n) is 20.0. The molecule has 0 bridgehead atoms. The molecule has 1 aliphatic rings. The van der Waals surface area contributed by atoms with Gasteiger partial charge in [0.2, 0.25) is 5.91 Å². The number of aliphatic hydroxyl groups is 5. The van der Waals surface area contributed by atoms with Crippen molar-refractivity contribution in [2.24, 2.45) is 0 Å². The summed E-state index contributed by atoms with van der Waals surface area (Å²) in [6.45, 7) is 3.55. The van der Waals surface area contributed by atoms with E-state index in [4.69, 9.17) is 9.47 Å². The van der Waals surface area contributed by atoms with Crippen LogP contribution in [0, 0.1) is 0 Å². The second kappa shape index (κ2) is 52.3. The number of aliphatic hydroxyl groups excluding tert-OH is 5. The number of nitrogens with one attached hydrogen (secondary N) is 1. The van der Waals surface area contributed by atoms with Crippen molar-refractivity contribution in [2.45, 2.75) is 275 Å². The number of allylic oxidation sites excluding steroid dienone is 17. The fourth-order valence-electron chi connectivity index (χ4n) is 8.67. The number of amides is 1. The van der Waals surface area contributed by atoms with Crippen molar-refractivity contribution in [3.63, 3.8) is 0 Å². The van der Waals surface area contributed by atoms with Gasteiger partial charge >= 0.3 is 0 Å². The molecule has 1 amide bonds. The van der Waals surface area contributed by atoms with Crippen LogP contribution < -0.4 is 5.32 Å². The maximum atomic E-state index is 13.0. The summed E-state index contributed by atoms with van der Waals surface area (Å²) in [7, 11) is 0. The van der Waals surface area contributed by atoms with Gasteiger partial charge in [0.1, 0.15) is 24.4 Å². The third kappa shape index (κ3) is 41.7. The van der Waals surface area contributed by atoms with E-state index >= 15 is 0 Å². The molecule has 0 aliphatic carbocycles. The molecule has 73 heavy (non-hydrogen) atoms. The molecule has 1 aliphatic heterocycles. The number of ether oxygens (including phenoxy) is 2. The van der Waals surface area contributed by atoms with E-state index in [2.05, 4.69) is 116 Å². The summed E-state index contributed by atoms with van der Waals surface area (Å²) in [4.78, 5) is 13.0. The van der Waals surface area contributed by atoms with Gasteiger partial charge < -0.3 is 40.3 Å². The van der Waals surface area contributed by atoms with Gasteiger partial charge in [-0.2, -0.15) is 0 Å². The average molecular weight is 1020 g/mol. The smallest absolute Gasteiger partial charge is 0.220 e. The Balaban J connectivity index is 2.06. The minimum absolute atomic E-state index is 0.194. The zero-order valence-electron chi connectivity index (χ0n) is 46.4. The average Bonchev–Trinajstić information content (AvgIpc) is 3.39. The molecule has 1 fully saturated rings. The summed E-state index contributed by atoms with van der Waals surface area (Å²) in [6.07, 6.45) is 70.5. The van der Waals surface area contributed by atoms with Crippen molar-refractivity contribution in [3.05, 3.63) is 109 Å². The molecular weight excluding hydrogens is 911 g/mol. The molecule has 7 atom stereocenters. The number of rotatable bonds is 49. The molecule has 1 saturated heterocycles. The zero-order valence-corrected chi connectivity index (χ0v) is 46.4. The Morgan fingerprint density at radius 1 is 0.479 bits per heavy atom. The molecule has 1 heterocycles. The summed E-state index contributed by atoms with van der Waals surface area (Å²) in [5.74, 6) is -0.194. The molecule has 9 heteroatoms. The molecule has 9 nitrogen and oxygen atoms in total. The van der Waals surface area contributed by atoms with Crippen LogP contribution in [0.2, 0.25) is 0 Å². The van der Waals surface area contributed by atoms with Gasteiger partial charge in [0.15, 0.2) is 6.29 Å². The Labute approximate surface area is 446 Å². The molecule has 0 saturated carbocycles. The molecular formula is C64H109NO8. The predicted octanol–water partition coefficient (Wildman–Crippen LogP) is 15.0. The van der Waals surface area contributed by atoms with Crippen LogP contribution in [0.25, 0.3) is 0 Å². The Morgan fingerprint density at radius 3 is 1.30 bits per heavy atom. The molecule has 418 valence electrons. The monoisotopic (exact) mass is 1020 g/mol. The van der Waals surface area contributed by atoms with Crippen molar-refractivity contribution in [1.29, 1.82) is 0 Å². The van der Waals surface area contributed by atoms with E-state index in [1.54, 1.807) is 6.08 Å². The summed E-state index contributed by atoms with van der Waals surface area (Å²) in [5.41, 5.74) is 0. The van der Waals surface area contributed by atoms with Gasteiger partial charge in [-0.1, -0.05) is 245 Å². The van der Waals surface area contributed by atoms with Crippen molar-refractivity contribution >= 4 is 5.91 Å². The molecule has 0 aromatic heterocycles. The molecule has 6 N–H and O–H groups in total. The largest absolute Gasteiger partial charge is 0.394 e. The molecule has 0 aromatic rings. The first-order chi connectivity index (χ1) is 35.8. The van der Waals surface area contributed by atoms with E-state index in [1.165, 1.54) is 116 Å². The number of carbonyl (C=O) groups excluding carboxylic acids is 1. The maximum Gasteiger partial charge on any atom is 0.220 e. The van der Waals surface area contributed by atoms with E-state index < -0.39 is 49.5 Å². The van der Waals surface area contributed by atoms with Gasteiger partial charge in [-0.05, 0) is 89.9 Å². The number of carbonyl (C=O) groups is 1. The Hall–Kier alpha value is -3.15. The van der Waals surface area contributed by atoms with Crippen LogP contribution in [0.3, 0.4) is 0 Å². The standard InChI is InChI=1S/C64H109NO8/c1-3-5-7-9-11-13-15-16-17-18-19-20-21-22-23-24-25-26-27-28-29-30-31-32-33-34-35-36-37-38-39-40-41-42-44-46-48-50-52-54-60(68)65-57(56-72-64-63(71)62(70)61(69)59(55-66)73-64)58(67)53-51-49-47-45-43-14-12-10-8-6-4-2/h5,7-8,10-11,13,16-17,19-20,22-23,25-26,43,45,51,53,57-59,61-64,66-67,69-71H,3-4,6,9,12,14-15,18,21,24,27-42,44,46-50,52,54-56H2,1-2H3,(H,65,68)/b7-5-,10-8+,13-11-,17-16-,20-19-,23-22-,26-25-,45-43+,53-51+. The first kappa shape index (κ1) is 67.9. The van der Waals surface area contributed by atoms with Crippen LogP contribution in [-0.4, -0.2) is 87.5 Å². The SMILES string of the molecule is CC/C=C\C/C=C\C/C=C\C/C=C\C/C=C\C/C=C\CCCCCCCCCCCCCCCCCCCCCCC(=O)NC(COC1OC(CO)C(O)C(O)C1O)C(O)/C=C/CC/C=C/CC/C=C/CCC. The van der Waals surface area contributed by atoms with Crippen molar-refractivity contribution < 1.29 is 39.8 Å². The maximum absolute atomic E-state index is 13.0. The van der Waals surface area contributed by atoms with Gasteiger partial charge in [0.25, 0.3) is 0 Å². The van der Waals surface area contributed by atoms with E-state index in [1.807, 2.05) is 6.08 Å². The lowest BCUT2D eigenvalue weighted by molar-refractivity contribution is -0.302. The summed E-state index contributed by atoms with van der Waals surface area (Å²) < 4.78 is 11.2. The van der Waals surface area contributed by atoms with Gasteiger partial charge in [0.05, 0.1) is 25.4 Å². The highest BCUT2D eigenvalue weighted by atomic mass is 16.7. The summed E-state index contributed by atoms with van der Waals surface area (Å²) in [5, 5.41) is 54.3. The lowest BCUT2D eigenvalue weighted by Crippen LogP contribution is -2.60. The van der Waals surface area contributed by atoms with E-state index in [0.717, 1.165) is 96.3 Å². The lowest BCUT2D eigenvalue weighted by atomic mass is 9.99. The zero-order chi connectivity index (χ0) is 52.9. The van der Waals surface area contributed by atoms with Gasteiger partial charge in [0, 0.05) is 6.42 Å². The highest BCUT2D eigenvalue weighted by Gasteiger charge is 2.44. The summed E-state index contributed by atoms with van der Waals surface area (Å²) >= 11 is 0. The normalized spacial score (nSPS) is 19.9. The van der Waals surface area contributed by atoms with Crippen LogP contribution in [-0.2, 0) is 14.3 Å². The van der Waals surface area contributed by atoms with E-state index in [0.29, 0.717) is 6.42 Å². The molecule has 0 aromatic carbocycles. The van der Waals surface area contributed by atoms with Crippen LogP contribution >= 0.6 is 0 Å². The minimum Gasteiger partial charge on any atom is -0.394 e. The van der Waals surface area contributed by atoms with Crippen LogP contribution in [0.1, 0.15) is 232 Å². The highest BCUT2D eigenvalue weighted by Crippen LogP contribution is 2.23. The van der Waals surface area contributed by atoms with Gasteiger partial charge in [-0.3, -0.25) is 4.79 Å². The Morgan fingerprint density at radius 2 is 0.863 bits per heavy atom. The predicted molar refractivity (Wildman–Crippen MR) is 308 cm³/mol. The fraction of sp³-hybridized carbons (Fsp3) is 0.703. The Bertz CT molecular complexity index is 1510. The third-order valence-corrected chi connectivity index (χ3v) is 13.3. The molecule has 7 unspecified atom stereocenters. The Kier molecular flexibility index (Phi) is 48.6. The lowest BCUT2D eigenvalue weighted by Gasteiger charge is -2.40. The highest BCUT2D eigenvalue weighted by molar-refractivity contribution is 5.76. The molecule has 1 rings (SSSR count). The van der Waals surface area contributed by atoms with Gasteiger partial charge in [-0.25, -0.2) is 0 Å². The van der Waals surface area contributed by atoms with Crippen molar-refractivity contribution in [1.82, 2.24) is 5.32 Å². The first-order valence-electron chi connectivity index (χ1n) is 29.6. The number of unbranched alkanes of at least 4 members (excludes halogenated alkanes) is 23. The topological polar surface area (TPSA) is 149 Å². The van der Waals surface area contributed by atoms with Crippen LogP contribution in [0.15, 0.2) is 109 Å². The van der Waals surface area contributed by atoms with Crippen molar-refractivity contribution in [3.8, 4) is 0 Å². The van der Waals surface area contributed by atoms with E-state index in [-0.39, 0.29) is 12.5 Å². The molecule has 0 radical (unpaired) electrons. The molecule has 0 spiro atoms.